The summed E-state index contributed by atoms with van der Waals surface area (Å²) in [7, 11) is 1.62. The van der Waals surface area contributed by atoms with Crippen LogP contribution in [0.2, 0.25) is 0 Å². The largest absolute Gasteiger partial charge is 0.382 e. The Morgan fingerprint density at radius 1 is 1.57 bits per heavy atom. The van der Waals surface area contributed by atoms with Gasteiger partial charge in [0.25, 0.3) is 0 Å². The molecule has 0 bridgehead atoms. The highest BCUT2D eigenvalue weighted by atomic mass is 16.5. The summed E-state index contributed by atoms with van der Waals surface area (Å²) in [6.45, 7) is 6.27. The van der Waals surface area contributed by atoms with E-state index in [-0.39, 0.29) is 17.5 Å². The van der Waals surface area contributed by atoms with Crippen molar-refractivity contribution in [1.29, 1.82) is 0 Å². The second-order valence-corrected chi connectivity index (χ2v) is 4.38. The van der Waals surface area contributed by atoms with E-state index in [0.717, 1.165) is 6.42 Å². The predicted molar refractivity (Wildman–Crippen MR) is 57.0 cm³/mol. The molecule has 0 aliphatic rings. The molecular weight excluding hydrogens is 180 g/mol. The maximum atomic E-state index is 11.4. The van der Waals surface area contributed by atoms with Crippen LogP contribution in [0.15, 0.2) is 0 Å². The Morgan fingerprint density at radius 3 is 2.57 bits per heavy atom. The van der Waals surface area contributed by atoms with Crippen molar-refractivity contribution in [3.05, 3.63) is 0 Å². The number of carbonyl (C=O) groups excluding carboxylic acids is 1. The van der Waals surface area contributed by atoms with Gasteiger partial charge >= 0.3 is 0 Å². The van der Waals surface area contributed by atoms with Gasteiger partial charge in [0, 0.05) is 19.6 Å². The Bertz CT molecular complexity index is 179. The van der Waals surface area contributed by atoms with Crippen LogP contribution in [0.4, 0.5) is 0 Å². The predicted octanol–water partition coefficient (Wildman–Crippen LogP) is 0.655. The fourth-order valence-electron chi connectivity index (χ4n) is 1.20. The third-order valence-corrected chi connectivity index (χ3v) is 1.81. The van der Waals surface area contributed by atoms with E-state index in [2.05, 4.69) is 5.32 Å². The average molecular weight is 202 g/mol. The Balaban J connectivity index is 3.81. The maximum Gasteiger partial charge on any atom is 0.220 e. The summed E-state index contributed by atoms with van der Waals surface area (Å²) in [5.41, 5.74) is 5.26. The molecular formula is C10H22N2O2. The highest BCUT2D eigenvalue weighted by Gasteiger charge is 2.19. The van der Waals surface area contributed by atoms with E-state index < -0.39 is 0 Å². The normalized spacial score (nSPS) is 13.8. The zero-order valence-electron chi connectivity index (χ0n) is 9.59. The van der Waals surface area contributed by atoms with Gasteiger partial charge in [0.2, 0.25) is 5.91 Å². The van der Waals surface area contributed by atoms with Crippen LogP contribution in [-0.4, -0.2) is 31.2 Å². The Kier molecular flexibility index (Phi) is 5.72. The lowest BCUT2D eigenvalue weighted by atomic mass is 10.1. The van der Waals surface area contributed by atoms with Crippen LogP contribution < -0.4 is 11.1 Å². The van der Waals surface area contributed by atoms with E-state index in [0.29, 0.717) is 13.0 Å². The van der Waals surface area contributed by atoms with Crippen LogP contribution >= 0.6 is 0 Å². The first-order valence-electron chi connectivity index (χ1n) is 4.93. The standard InChI is InChI=1S/C10H22N2O2/c1-8(11)5-6-9(13)12-10(2,3)7-14-4/h8H,5-7,11H2,1-4H3,(H,12,13). The molecule has 4 heteroatoms. The summed E-state index contributed by atoms with van der Waals surface area (Å²) in [6.07, 6.45) is 1.19. The molecule has 0 aliphatic heterocycles. The number of nitrogens with two attached hydrogens (primary N) is 1. The molecule has 3 N–H and O–H groups in total. The molecule has 1 atom stereocenters. The van der Waals surface area contributed by atoms with Crippen LogP contribution in [0.5, 0.6) is 0 Å². The minimum Gasteiger partial charge on any atom is -0.382 e. The Labute approximate surface area is 86.2 Å². The third kappa shape index (κ3) is 6.86. The molecule has 0 rings (SSSR count). The molecule has 0 aromatic heterocycles. The van der Waals surface area contributed by atoms with Crippen molar-refractivity contribution in [1.82, 2.24) is 5.32 Å². The first-order valence-corrected chi connectivity index (χ1v) is 4.93. The minimum absolute atomic E-state index is 0.0318. The molecule has 0 fully saturated rings. The molecule has 0 aromatic rings. The van der Waals surface area contributed by atoms with E-state index in [1.54, 1.807) is 7.11 Å². The second kappa shape index (κ2) is 5.98. The topological polar surface area (TPSA) is 64.3 Å². The molecule has 1 unspecified atom stereocenters. The van der Waals surface area contributed by atoms with Crippen molar-refractivity contribution in [2.24, 2.45) is 5.73 Å². The molecule has 0 aliphatic carbocycles. The van der Waals surface area contributed by atoms with Crippen LogP contribution in [0.3, 0.4) is 0 Å². The molecule has 14 heavy (non-hydrogen) atoms. The summed E-state index contributed by atoms with van der Waals surface area (Å²) in [5, 5.41) is 2.89. The molecule has 84 valence electrons. The summed E-state index contributed by atoms with van der Waals surface area (Å²) >= 11 is 0. The van der Waals surface area contributed by atoms with E-state index in [1.807, 2.05) is 20.8 Å². The average Bonchev–Trinajstić information content (AvgIpc) is 1.99. The lowest BCUT2D eigenvalue weighted by Gasteiger charge is -2.25. The molecule has 0 aromatic carbocycles. The Morgan fingerprint density at radius 2 is 2.14 bits per heavy atom. The van der Waals surface area contributed by atoms with Crippen LogP contribution in [0.1, 0.15) is 33.6 Å². The molecule has 0 saturated carbocycles. The maximum absolute atomic E-state index is 11.4. The smallest absolute Gasteiger partial charge is 0.220 e. The van der Waals surface area contributed by atoms with Gasteiger partial charge in [-0.05, 0) is 27.2 Å². The van der Waals surface area contributed by atoms with Gasteiger partial charge in [-0.2, -0.15) is 0 Å². The number of hydrogen-bond acceptors (Lipinski definition) is 3. The fourth-order valence-corrected chi connectivity index (χ4v) is 1.20. The van der Waals surface area contributed by atoms with Gasteiger partial charge in [0.15, 0.2) is 0 Å². The number of nitrogens with one attached hydrogen (secondary N) is 1. The van der Waals surface area contributed by atoms with E-state index in [1.165, 1.54) is 0 Å². The summed E-state index contributed by atoms with van der Waals surface area (Å²) in [4.78, 5) is 11.4. The molecule has 4 nitrogen and oxygen atoms in total. The first-order chi connectivity index (χ1) is 6.37. The quantitative estimate of drug-likeness (QED) is 0.665. The minimum atomic E-state index is -0.302. The highest BCUT2D eigenvalue weighted by molar-refractivity contribution is 5.76. The van der Waals surface area contributed by atoms with Crippen LogP contribution in [0.25, 0.3) is 0 Å². The van der Waals surface area contributed by atoms with Gasteiger partial charge in [-0.1, -0.05) is 0 Å². The van der Waals surface area contributed by atoms with Crippen molar-refractivity contribution < 1.29 is 9.53 Å². The van der Waals surface area contributed by atoms with Gasteiger partial charge in [0.1, 0.15) is 0 Å². The van der Waals surface area contributed by atoms with Crippen molar-refractivity contribution in [3.8, 4) is 0 Å². The zero-order valence-corrected chi connectivity index (χ0v) is 9.59. The fraction of sp³-hybridized carbons (Fsp3) is 0.900. The number of carbonyl (C=O) groups is 1. The number of hydrogen-bond donors (Lipinski definition) is 2. The highest BCUT2D eigenvalue weighted by Crippen LogP contribution is 2.03. The van der Waals surface area contributed by atoms with Crippen molar-refractivity contribution in [2.45, 2.75) is 45.2 Å². The van der Waals surface area contributed by atoms with Gasteiger partial charge < -0.3 is 15.8 Å². The van der Waals surface area contributed by atoms with Crippen LogP contribution in [0, 0.1) is 0 Å². The third-order valence-electron chi connectivity index (χ3n) is 1.81. The second-order valence-electron chi connectivity index (χ2n) is 4.38. The van der Waals surface area contributed by atoms with E-state index in [9.17, 15) is 4.79 Å². The van der Waals surface area contributed by atoms with Crippen molar-refractivity contribution >= 4 is 5.91 Å². The van der Waals surface area contributed by atoms with Gasteiger partial charge in [-0.15, -0.1) is 0 Å². The SMILES string of the molecule is COCC(C)(C)NC(=O)CCC(C)N. The van der Waals surface area contributed by atoms with Crippen molar-refractivity contribution in [3.63, 3.8) is 0 Å². The molecule has 0 radical (unpaired) electrons. The zero-order chi connectivity index (χ0) is 11.2. The first kappa shape index (κ1) is 13.4. The number of amides is 1. The van der Waals surface area contributed by atoms with Crippen molar-refractivity contribution in [2.75, 3.05) is 13.7 Å². The number of methoxy groups -OCH3 is 1. The monoisotopic (exact) mass is 202 g/mol. The summed E-state index contributed by atoms with van der Waals surface area (Å²) in [5.74, 6) is 0.0318. The molecule has 1 amide bonds. The molecule has 0 heterocycles. The summed E-state index contributed by atoms with van der Waals surface area (Å²) in [6, 6.07) is 0.0753. The summed E-state index contributed by atoms with van der Waals surface area (Å²) < 4.78 is 4.99. The number of ether oxygens (including phenoxy) is 1. The lowest BCUT2D eigenvalue weighted by molar-refractivity contribution is -0.123. The van der Waals surface area contributed by atoms with E-state index >= 15 is 0 Å². The Hall–Kier alpha value is -0.610. The lowest BCUT2D eigenvalue weighted by Crippen LogP contribution is -2.46. The molecule has 0 spiro atoms. The van der Waals surface area contributed by atoms with Gasteiger partial charge in [0.05, 0.1) is 12.1 Å². The molecule has 0 saturated heterocycles. The van der Waals surface area contributed by atoms with Gasteiger partial charge in [-0.25, -0.2) is 0 Å². The number of rotatable bonds is 6. The van der Waals surface area contributed by atoms with Crippen LogP contribution in [-0.2, 0) is 9.53 Å². The van der Waals surface area contributed by atoms with Gasteiger partial charge in [-0.3, -0.25) is 4.79 Å². The van der Waals surface area contributed by atoms with E-state index in [4.69, 9.17) is 10.5 Å².